The van der Waals surface area contributed by atoms with Gasteiger partial charge in [-0.15, -0.1) is 0 Å². The van der Waals surface area contributed by atoms with Crippen LogP contribution in [0.25, 0.3) is 5.69 Å². The lowest BCUT2D eigenvalue weighted by atomic mass is 9.96. The van der Waals surface area contributed by atoms with Crippen molar-refractivity contribution in [1.82, 2.24) is 14.9 Å². The summed E-state index contributed by atoms with van der Waals surface area (Å²) in [5.41, 5.74) is 7.21. The number of para-hydroxylation sites is 1. The Morgan fingerprint density at radius 2 is 1.60 bits per heavy atom. The highest BCUT2D eigenvalue weighted by Gasteiger charge is 2.42. The summed E-state index contributed by atoms with van der Waals surface area (Å²) in [4.78, 5) is 18.2. The molecule has 6 rings (SSSR count). The molecule has 42 heavy (non-hydrogen) atoms. The number of hydrogen-bond donors (Lipinski definition) is 2. The SMILES string of the molecule is Cc1ccccc1Oc1ccc(N2C(=S)N[C@@H](c3ccccn3)[C@@H]2c2cc(C)n(-c3ccc(C(=O)O)cc3)c2C)cc1. The molecule has 3 heterocycles. The quantitative estimate of drug-likeness (QED) is 0.195. The van der Waals surface area contributed by atoms with E-state index < -0.39 is 5.97 Å². The van der Waals surface area contributed by atoms with Crippen LogP contribution in [0.1, 0.15) is 50.7 Å². The predicted octanol–water partition coefficient (Wildman–Crippen LogP) is 7.47. The number of benzene rings is 3. The third-order valence-electron chi connectivity index (χ3n) is 7.70. The first-order valence-electron chi connectivity index (χ1n) is 13.7. The molecule has 0 aliphatic carbocycles. The molecule has 2 atom stereocenters. The van der Waals surface area contributed by atoms with Gasteiger partial charge in [-0.1, -0.05) is 24.3 Å². The van der Waals surface area contributed by atoms with Crippen molar-refractivity contribution in [3.63, 3.8) is 0 Å². The number of carbonyl (C=O) groups is 1. The largest absolute Gasteiger partial charge is 0.478 e. The smallest absolute Gasteiger partial charge is 0.335 e. The van der Waals surface area contributed by atoms with Crippen molar-refractivity contribution in [2.24, 2.45) is 0 Å². The molecule has 5 aromatic rings. The van der Waals surface area contributed by atoms with Crippen molar-refractivity contribution >= 4 is 29.0 Å². The number of nitrogens with zero attached hydrogens (tertiary/aromatic N) is 3. The minimum atomic E-state index is -0.946. The zero-order chi connectivity index (χ0) is 29.4. The molecule has 3 aromatic carbocycles. The van der Waals surface area contributed by atoms with E-state index in [1.165, 1.54) is 0 Å². The van der Waals surface area contributed by atoms with E-state index in [2.05, 4.69) is 39.7 Å². The van der Waals surface area contributed by atoms with Crippen molar-refractivity contribution in [2.45, 2.75) is 32.9 Å². The number of pyridine rings is 1. The Bertz CT molecular complexity index is 1770. The summed E-state index contributed by atoms with van der Waals surface area (Å²) in [6.45, 7) is 6.17. The third-order valence-corrected chi connectivity index (χ3v) is 8.01. The van der Waals surface area contributed by atoms with Crippen LogP contribution < -0.4 is 15.0 Å². The number of carboxylic acid groups (broad SMARTS) is 1. The summed E-state index contributed by atoms with van der Waals surface area (Å²) < 4.78 is 8.30. The highest BCUT2D eigenvalue weighted by atomic mass is 32.1. The Morgan fingerprint density at radius 3 is 2.26 bits per heavy atom. The average Bonchev–Trinajstić information content (AvgIpc) is 3.49. The first kappa shape index (κ1) is 27.2. The summed E-state index contributed by atoms with van der Waals surface area (Å²) in [7, 11) is 0. The number of aromatic carboxylic acids is 1. The molecule has 0 radical (unpaired) electrons. The first-order chi connectivity index (χ1) is 20.3. The molecule has 0 saturated carbocycles. The van der Waals surface area contributed by atoms with Crippen LogP contribution in [0, 0.1) is 20.8 Å². The van der Waals surface area contributed by atoms with Crippen molar-refractivity contribution in [3.05, 3.63) is 137 Å². The lowest BCUT2D eigenvalue weighted by Crippen LogP contribution is -2.29. The maximum atomic E-state index is 11.4. The number of aryl methyl sites for hydroxylation is 2. The van der Waals surface area contributed by atoms with Gasteiger partial charge in [0.1, 0.15) is 11.5 Å². The Morgan fingerprint density at radius 1 is 0.905 bits per heavy atom. The molecule has 1 aliphatic rings. The molecule has 2 N–H and O–H groups in total. The van der Waals surface area contributed by atoms with Crippen LogP contribution in [-0.4, -0.2) is 25.7 Å². The van der Waals surface area contributed by atoms with Gasteiger partial charge in [-0.2, -0.15) is 0 Å². The molecule has 2 aromatic heterocycles. The van der Waals surface area contributed by atoms with E-state index in [0.29, 0.717) is 5.11 Å². The Hall–Kier alpha value is -4.95. The number of ether oxygens (including phenoxy) is 1. The summed E-state index contributed by atoms with van der Waals surface area (Å²) in [5, 5.41) is 13.5. The van der Waals surface area contributed by atoms with Gasteiger partial charge in [-0.05, 0) is 117 Å². The Balaban J connectivity index is 1.40. The van der Waals surface area contributed by atoms with Gasteiger partial charge >= 0.3 is 5.97 Å². The highest BCUT2D eigenvalue weighted by molar-refractivity contribution is 7.80. The minimum Gasteiger partial charge on any atom is -0.478 e. The van der Waals surface area contributed by atoms with Crippen LogP contribution in [-0.2, 0) is 0 Å². The van der Waals surface area contributed by atoms with E-state index in [-0.39, 0.29) is 17.6 Å². The van der Waals surface area contributed by atoms with E-state index >= 15 is 0 Å². The zero-order valence-electron chi connectivity index (χ0n) is 23.5. The second kappa shape index (κ2) is 11.1. The average molecular weight is 575 g/mol. The lowest BCUT2D eigenvalue weighted by Gasteiger charge is -2.28. The monoisotopic (exact) mass is 574 g/mol. The van der Waals surface area contributed by atoms with Crippen LogP contribution in [0.2, 0.25) is 0 Å². The van der Waals surface area contributed by atoms with E-state index in [1.807, 2.05) is 85.8 Å². The molecule has 0 unspecified atom stereocenters. The van der Waals surface area contributed by atoms with Gasteiger partial charge in [0, 0.05) is 29.0 Å². The van der Waals surface area contributed by atoms with Crippen molar-refractivity contribution in [3.8, 4) is 17.2 Å². The molecule has 1 saturated heterocycles. The summed E-state index contributed by atoms with van der Waals surface area (Å²) in [6, 6.07) is 30.6. The number of thiocarbonyl (C=S) groups is 1. The lowest BCUT2D eigenvalue weighted by molar-refractivity contribution is 0.0697. The molecule has 0 spiro atoms. The van der Waals surface area contributed by atoms with E-state index in [4.69, 9.17) is 17.0 Å². The summed E-state index contributed by atoms with van der Waals surface area (Å²) in [6.07, 6.45) is 1.80. The number of aromatic nitrogens is 2. The second-order valence-corrected chi connectivity index (χ2v) is 10.8. The van der Waals surface area contributed by atoms with Gasteiger partial charge in [0.25, 0.3) is 0 Å². The van der Waals surface area contributed by atoms with Crippen LogP contribution in [0.5, 0.6) is 11.5 Å². The predicted molar refractivity (Wildman–Crippen MR) is 168 cm³/mol. The van der Waals surface area contributed by atoms with Crippen LogP contribution in [0.15, 0.2) is 103 Å². The number of rotatable bonds is 7. The highest BCUT2D eigenvalue weighted by Crippen LogP contribution is 2.44. The van der Waals surface area contributed by atoms with Crippen LogP contribution in [0.3, 0.4) is 0 Å². The van der Waals surface area contributed by atoms with Gasteiger partial charge in [0.05, 0.1) is 23.3 Å². The van der Waals surface area contributed by atoms with Crippen molar-refractivity contribution in [2.75, 3.05) is 4.90 Å². The van der Waals surface area contributed by atoms with E-state index in [0.717, 1.165) is 51.1 Å². The third kappa shape index (κ3) is 5.01. The molecule has 0 amide bonds. The van der Waals surface area contributed by atoms with Gasteiger partial charge in [-0.3, -0.25) is 4.98 Å². The molecular weight excluding hydrogens is 544 g/mol. The minimum absolute atomic E-state index is 0.186. The number of carboxylic acids is 1. The molecule has 210 valence electrons. The van der Waals surface area contributed by atoms with E-state index in [1.54, 1.807) is 18.3 Å². The fourth-order valence-electron chi connectivity index (χ4n) is 5.66. The van der Waals surface area contributed by atoms with Crippen molar-refractivity contribution in [1.29, 1.82) is 0 Å². The number of hydrogen-bond acceptors (Lipinski definition) is 4. The van der Waals surface area contributed by atoms with Crippen molar-refractivity contribution < 1.29 is 14.6 Å². The fraction of sp³-hybridized carbons (Fsp3) is 0.147. The molecule has 8 heteroatoms. The van der Waals surface area contributed by atoms with Gasteiger partial charge in [-0.25, -0.2) is 4.79 Å². The molecule has 7 nitrogen and oxygen atoms in total. The maximum absolute atomic E-state index is 11.4. The van der Waals surface area contributed by atoms with Gasteiger partial charge in [0.2, 0.25) is 0 Å². The van der Waals surface area contributed by atoms with Gasteiger partial charge < -0.3 is 24.6 Å². The van der Waals surface area contributed by atoms with Crippen LogP contribution in [0.4, 0.5) is 5.69 Å². The molecule has 1 fully saturated rings. The zero-order valence-corrected chi connectivity index (χ0v) is 24.3. The fourth-order valence-corrected chi connectivity index (χ4v) is 6.01. The van der Waals surface area contributed by atoms with Gasteiger partial charge in [0.15, 0.2) is 5.11 Å². The van der Waals surface area contributed by atoms with Crippen LogP contribution >= 0.6 is 12.2 Å². The standard InChI is InChI=1S/C34H30N4O3S/c1-21-8-4-5-10-30(21)41-27-17-15-26(16-18-27)38-32(31(36-34(38)42)29-9-6-7-19-35-29)28-20-22(2)37(23(28)3)25-13-11-24(12-14-25)33(39)40/h4-20,31-32H,1-3H3,(H,36,42)(H,39,40)/t31-,32-/m0/s1. The molecule has 1 aliphatic heterocycles. The Kier molecular flexibility index (Phi) is 7.22. The normalized spacial score (nSPS) is 16.4. The summed E-state index contributed by atoms with van der Waals surface area (Å²) >= 11 is 5.94. The molecular formula is C34H30N4O3S. The number of anilines is 1. The second-order valence-electron chi connectivity index (χ2n) is 10.4. The summed E-state index contributed by atoms with van der Waals surface area (Å²) in [5.74, 6) is 0.616. The van der Waals surface area contributed by atoms with E-state index in [9.17, 15) is 9.90 Å². The number of nitrogens with one attached hydrogen (secondary N) is 1. The maximum Gasteiger partial charge on any atom is 0.335 e. The Labute approximate surface area is 250 Å². The molecule has 0 bridgehead atoms. The first-order valence-corrected chi connectivity index (χ1v) is 14.1. The topological polar surface area (TPSA) is 79.6 Å².